The van der Waals surface area contributed by atoms with Crippen molar-refractivity contribution in [2.45, 2.75) is 38.0 Å². The summed E-state index contributed by atoms with van der Waals surface area (Å²) in [6, 6.07) is 4.71. The van der Waals surface area contributed by atoms with Crippen LogP contribution in [0, 0.1) is 0 Å². The van der Waals surface area contributed by atoms with Gasteiger partial charge in [0.05, 0.1) is 13.2 Å². The van der Waals surface area contributed by atoms with Crippen LogP contribution in [0.4, 0.5) is 4.79 Å². The number of ether oxygens (including phenoxy) is 2. The average molecular weight is 234 g/mol. The van der Waals surface area contributed by atoms with Crippen molar-refractivity contribution in [1.29, 1.82) is 0 Å². The minimum absolute atomic E-state index is 0.0255. The Morgan fingerprint density at radius 1 is 1.00 bits per heavy atom. The molecule has 0 aromatic rings. The highest BCUT2D eigenvalue weighted by atomic mass is 28.2. The zero-order valence-electron chi connectivity index (χ0n) is 9.38. The molecule has 14 heavy (non-hydrogen) atoms. The van der Waals surface area contributed by atoms with Crippen molar-refractivity contribution in [2.75, 3.05) is 13.2 Å². The summed E-state index contributed by atoms with van der Waals surface area (Å²) in [7, 11) is 0.0511. The first kappa shape index (κ1) is 13.7. The van der Waals surface area contributed by atoms with Gasteiger partial charge in [0.25, 0.3) is 0 Å². The van der Waals surface area contributed by atoms with Crippen LogP contribution < -0.4 is 0 Å². The maximum absolute atomic E-state index is 11.0. The van der Waals surface area contributed by atoms with Gasteiger partial charge in [-0.3, -0.25) is 0 Å². The summed E-state index contributed by atoms with van der Waals surface area (Å²) in [5.41, 5.74) is 0. The van der Waals surface area contributed by atoms with Crippen LogP contribution in [0.3, 0.4) is 0 Å². The Balaban J connectivity index is 3.11. The van der Waals surface area contributed by atoms with Crippen molar-refractivity contribution < 1.29 is 14.3 Å². The van der Waals surface area contributed by atoms with Crippen LogP contribution in [0.15, 0.2) is 0 Å². The molecule has 0 saturated heterocycles. The number of hydrogen-bond donors (Lipinski definition) is 0. The van der Waals surface area contributed by atoms with Gasteiger partial charge in [-0.1, -0.05) is 25.9 Å². The van der Waals surface area contributed by atoms with Gasteiger partial charge in [-0.15, -0.1) is 0 Å². The van der Waals surface area contributed by atoms with Crippen molar-refractivity contribution in [1.82, 2.24) is 0 Å². The lowest BCUT2D eigenvalue weighted by atomic mass is 10.8. The normalized spacial score (nSPS) is 11.6. The Bertz CT molecular complexity index is 128. The Morgan fingerprint density at radius 2 is 1.43 bits per heavy atom. The molecule has 0 heterocycles. The van der Waals surface area contributed by atoms with Gasteiger partial charge in [0.1, 0.15) is 0 Å². The molecule has 0 aromatic heterocycles. The lowest BCUT2D eigenvalue weighted by Gasteiger charge is -2.04. The predicted molar refractivity (Wildman–Crippen MR) is 65.0 cm³/mol. The summed E-state index contributed by atoms with van der Waals surface area (Å²) >= 11 is 0. The largest absolute Gasteiger partial charge is 0.508 e. The molecular weight excluding hydrogens is 212 g/mol. The molecule has 0 aliphatic rings. The second kappa shape index (κ2) is 10.8. The molecule has 0 unspecified atom stereocenters. The second-order valence-electron chi connectivity index (χ2n) is 3.36. The van der Waals surface area contributed by atoms with E-state index in [1.165, 1.54) is 12.1 Å². The van der Waals surface area contributed by atoms with E-state index in [1.54, 1.807) is 0 Å². The maximum Gasteiger partial charge on any atom is 0.508 e. The predicted octanol–water partition coefficient (Wildman–Crippen LogP) is 1.19. The number of carbonyl (C=O) groups is 1. The highest BCUT2D eigenvalue weighted by molar-refractivity contribution is 6.35. The first-order chi connectivity index (χ1) is 6.81. The minimum Gasteiger partial charge on any atom is -0.435 e. The fraction of sp³-hybridized carbons (Fsp3) is 0.889. The molecule has 0 radical (unpaired) electrons. The fourth-order valence-corrected chi connectivity index (χ4v) is 2.75. The van der Waals surface area contributed by atoms with Gasteiger partial charge in [-0.25, -0.2) is 4.79 Å². The molecule has 84 valence electrons. The minimum atomic E-state index is -0.472. The molecule has 0 aliphatic carbocycles. The van der Waals surface area contributed by atoms with Crippen LogP contribution in [0.2, 0.25) is 24.2 Å². The molecule has 3 nitrogen and oxygen atoms in total. The van der Waals surface area contributed by atoms with Gasteiger partial charge in [-0.2, -0.15) is 0 Å². The Hall–Kier alpha value is -0.296. The molecule has 0 spiro atoms. The standard InChI is InChI=1S/C9H22O3Si2/c1-3-13-7-5-11-9(10)12-6-8-14-4-2/h3-8,13-14H2,1-2H3. The van der Waals surface area contributed by atoms with Crippen LogP contribution in [0.1, 0.15) is 13.8 Å². The van der Waals surface area contributed by atoms with Crippen molar-refractivity contribution >= 4 is 25.2 Å². The summed E-state index contributed by atoms with van der Waals surface area (Å²) in [5.74, 6) is 0. The second-order valence-corrected chi connectivity index (χ2v) is 8.19. The van der Waals surface area contributed by atoms with Gasteiger partial charge in [0, 0.05) is 19.0 Å². The summed E-state index contributed by atoms with van der Waals surface area (Å²) in [6.45, 7) is 5.48. The highest BCUT2D eigenvalue weighted by Gasteiger charge is 2.02. The molecular formula is C9H22O3Si2. The van der Waals surface area contributed by atoms with Crippen molar-refractivity contribution in [2.24, 2.45) is 0 Å². The van der Waals surface area contributed by atoms with E-state index in [0.717, 1.165) is 12.1 Å². The van der Waals surface area contributed by atoms with Crippen LogP contribution in [-0.2, 0) is 9.47 Å². The topological polar surface area (TPSA) is 35.5 Å². The summed E-state index contributed by atoms with van der Waals surface area (Å²) in [6.07, 6.45) is -0.472. The molecule has 0 amide bonds. The van der Waals surface area contributed by atoms with E-state index >= 15 is 0 Å². The van der Waals surface area contributed by atoms with Crippen molar-refractivity contribution in [3.05, 3.63) is 0 Å². The first-order valence-electron chi connectivity index (χ1n) is 5.60. The zero-order chi connectivity index (χ0) is 10.6. The van der Waals surface area contributed by atoms with Gasteiger partial charge in [0.2, 0.25) is 0 Å². The molecule has 0 aromatic carbocycles. The molecule has 0 rings (SSSR count). The van der Waals surface area contributed by atoms with Crippen molar-refractivity contribution in [3.8, 4) is 0 Å². The van der Waals surface area contributed by atoms with Gasteiger partial charge < -0.3 is 9.47 Å². The Labute approximate surface area is 91.2 Å². The van der Waals surface area contributed by atoms with E-state index < -0.39 is 6.16 Å². The molecule has 0 N–H and O–H groups in total. The third-order valence-corrected chi connectivity index (χ3v) is 4.93. The maximum atomic E-state index is 11.0. The zero-order valence-corrected chi connectivity index (χ0v) is 12.2. The quantitative estimate of drug-likeness (QED) is 0.359. The third kappa shape index (κ3) is 9.79. The SMILES string of the molecule is CC[SiH2]CCOC(=O)OCC[SiH2]CC. The summed E-state index contributed by atoms with van der Waals surface area (Å²) in [5, 5.41) is 0. The summed E-state index contributed by atoms with van der Waals surface area (Å²) in [4.78, 5) is 11.0. The van der Waals surface area contributed by atoms with Gasteiger partial charge in [0.15, 0.2) is 0 Å². The van der Waals surface area contributed by atoms with Gasteiger partial charge in [-0.05, 0) is 12.1 Å². The lowest BCUT2D eigenvalue weighted by Crippen LogP contribution is -2.11. The van der Waals surface area contributed by atoms with Crippen LogP contribution in [-0.4, -0.2) is 38.4 Å². The fourth-order valence-electron chi connectivity index (χ4n) is 1.06. The molecule has 0 aliphatic heterocycles. The molecule has 5 heteroatoms. The molecule has 0 atom stereocenters. The molecule has 0 fully saturated rings. The number of rotatable bonds is 8. The van der Waals surface area contributed by atoms with E-state index in [2.05, 4.69) is 13.8 Å². The lowest BCUT2D eigenvalue weighted by molar-refractivity contribution is 0.0630. The first-order valence-corrected chi connectivity index (χ1v) is 9.60. The highest BCUT2D eigenvalue weighted by Crippen LogP contribution is 1.92. The number of hydrogen-bond acceptors (Lipinski definition) is 3. The van der Waals surface area contributed by atoms with E-state index in [1.807, 2.05) is 0 Å². The third-order valence-electron chi connectivity index (χ3n) is 1.94. The number of carbonyl (C=O) groups excluding carboxylic acids is 1. The monoisotopic (exact) mass is 234 g/mol. The molecule has 0 saturated carbocycles. The van der Waals surface area contributed by atoms with E-state index in [0.29, 0.717) is 13.2 Å². The van der Waals surface area contributed by atoms with E-state index in [4.69, 9.17) is 9.47 Å². The average Bonchev–Trinajstić information content (AvgIpc) is 2.19. The van der Waals surface area contributed by atoms with Crippen LogP contribution in [0.5, 0.6) is 0 Å². The summed E-state index contributed by atoms with van der Waals surface area (Å²) < 4.78 is 9.83. The van der Waals surface area contributed by atoms with E-state index in [9.17, 15) is 4.79 Å². The van der Waals surface area contributed by atoms with Crippen LogP contribution >= 0.6 is 0 Å². The smallest absolute Gasteiger partial charge is 0.435 e. The Morgan fingerprint density at radius 3 is 1.79 bits per heavy atom. The van der Waals surface area contributed by atoms with E-state index in [-0.39, 0.29) is 19.0 Å². The Kier molecular flexibility index (Phi) is 10.6. The van der Waals surface area contributed by atoms with Gasteiger partial charge >= 0.3 is 6.16 Å². The molecule has 0 bridgehead atoms. The van der Waals surface area contributed by atoms with Crippen LogP contribution in [0.25, 0.3) is 0 Å². The van der Waals surface area contributed by atoms with Crippen molar-refractivity contribution in [3.63, 3.8) is 0 Å².